The van der Waals surface area contributed by atoms with E-state index in [0.717, 1.165) is 65.5 Å². The van der Waals surface area contributed by atoms with Crippen LogP contribution in [0.15, 0.2) is 96.4 Å². The Morgan fingerprint density at radius 1 is 0.878 bits per heavy atom. The quantitative estimate of drug-likeness (QED) is 0.213. The SMILES string of the molecule is Cc1ccc(S(=O)(=O)n2cc(-c3cnn(Cc4cccc(F)c4)c3C)c3cc(-c4ccc(N5CCN(CC(C)O)CC5)nc4)cnc32)cc1. The minimum Gasteiger partial charge on any atom is -0.392 e. The standard InChI is InChI=1S/C37H38FN7O3S/c1-25-7-10-32(11-8-25)49(47,48)45-24-35(34-21-41-44(27(34)3)23-28-5-4-6-31(38)17-28)33-18-30(20-40-37(33)45)29-9-12-36(39-19-29)43-15-13-42(14-16-43)22-26(2)46/h4-12,17-21,24,26,46H,13-16,22-23H2,1-3H3. The smallest absolute Gasteiger partial charge is 0.269 e. The molecule has 6 aromatic rings. The van der Waals surface area contributed by atoms with Crippen molar-refractivity contribution in [2.45, 2.75) is 38.3 Å². The number of hydrogen-bond acceptors (Lipinski definition) is 8. The molecule has 0 amide bonds. The van der Waals surface area contributed by atoms with Gasteiger partial charge in [0.2, 0.25) is 0 Å². The molecule has 2 aromatic carbocycles. The van der Waals surface area contributed by atoms with Crippen molar-refractivity contribution in [3.63, 3.8) is 0 Å². The molecule has 5 heterocycles. The van der Waals surface area contributed by atoms with Crippen LogP contribution in [0, 0.1) is 19.7 Å². The van der Waals surface area contributed by atoms with Crippen LogP contribution in [0.25, 0.3) is 33.3 Å². The Labute approximate surface area is 285 Å². The van der Waals surface area contributed by atoms with Crippen LogP contribution in [0.5, 0.6) is 0 Å². The van der Waals surface area contributed by atoms with Crippen molar-refractivity contribution in [3.05, 3.63) is 114 Å². The number of hydrogen-bond donors (Lipinski definition) is 1. The predicted octanol–water partition coefficient (Wildman–Crippen LogP) is 5.51. The first-order valence-electron chi connectivity index (χ1n) is 16.3. The fourth-order valence-corrected chi connectivity index (χ4v) is 7.74. The summed E-state index contributed by atoms with van der Waals surface area (Å²) >= 11 is 0. The number of aromatic nitrogens is 5. The zero-order chi connectivity index (χ0) is 34.3. The van der Waals surface area contributed by atoms with Crippen LogP contribution in [0.4, 0.5) is 10.2 Å². The van der Waals surface area contributed by atoms with Gasteiger partial charge in [-0.05, 0) is 68.8 Å². The molecule has 7 rings (SSSR count). The highest BCUT2D eigenvalue weighted by molar-refractivity contribution is 7.90. The van der Waals surface area contributed by atoms with Gasteiger partial charge in [-0.3, -0.25) is 9.58 Å². The van der Waals surface area contributed by atoms with Crippen LogP contribution in [-0.2, 0) is 16.6 Å². The van der Waals surface area contributed by atoms with Gasteiger partial charge < -0.3 is 10.0 Å². The summed E-state index contributed by atoms with van der Waals surface area (Å²) in [7, 11) is -3.99. The Balaban J connectivity index is 1.26. The van der Waals surface area contributed by atoms with Crippen LogP contribution in [0.2, 0.25) is 0 Å². The van der Waals surface area contributed by atoms with E-state index in [1.807, 2.05) is 51.2 Å². The number of aliphatic hydroxyl groups is 1. The fourth-order valence-electron chi connectivity index (χ4n) is 6.41. The molecule has 1 aliphatic heterocycles. The first-order valence-corrected chi connectivity index (χ1v) is 17.7. The predicted molar refractivity (Wildman–Crippen MR) is 189 cm³/mol. The monoisotopic (exact) mass is 679 g/mol. The molecule has 0 saturated carbocycles. The number of anilines is 1. The second-order valence-corrected chi connectivity index (χ2v) is 14.5. The first-order chi connectivity index (χ1) is 23.6. The van der Waals surface area contributed by atoms with E-state index in [1.165, 1.54) is 16.1 Å². The number of rotatable bonds is 9. The van der Waals surface area contributed by atoms with E-state index >= 15 is 0 Å². The highest BCUT2D eigenvalue weighted by atomic mass is 32.2. The summed E-state index contributed by atoms with van der Waals surface area (Å²) in [6, 6.07) is 19.1. The second kappa shape index (κ2) is 13.2. The number of benzene rings is 2. The van der Waals surface area contributed by atoms with Crippen molar-refractivity contribution in [3.8, 4) is 22.3 Å². The summed E-state index contributed by atoms with van der Waals surface area (Å²) in [5.41, 5.74) is 5.90. The Morgan fingerprint density at radius 3 is 2.33 bits per heavy atom. The van der Waals surface area contributed by atoms with Gasteiger partial charge in [-0.1, -0.05) is 29.8 Å². The molecule has 252 valence electrons. The molecular formula is C37H38FN7O3S. The first kappa shape index (κ1) is 32.6. The van der Waals surface area contributed by atoms with Crippen LogP contribution < -0.4 is 4.90 Å². The molecular weight excluding hydrogens is 642 g/mol. The summed E-state index contributed by atoms with van der Waals surface area (Å²) in [6.07, 6.45) is 6.49. The van der Waals surface area contributed by atoms with Crippen LogP contribution in [0.3, 0.4) is 0 Å². The molecule has 12 heteroatoms. The van der Waals surface area contributed by atoms with Crippen LogP contribution in [-0.4, -0.2) is 81.0 Å². The minimum absolute atomic E-state index is 0.164. The number of β-amino-alcohol motifs (C(OH)–C–C–N with tert-alkyl or cyclic N) is 1. The van der Waals surface area contributed by atoms with E-state index in [0.29, 0.717) is 29.7 Å². The lowest BCUT2D eigenvalue weighted by molar-refractivity contribution is 0.122. The average molecular weight is 680 g/mol. The third-order valence-corrected chi connectivity index (χ3v) is 10.8. The van der Waals surface area contributed by atoms with Gasteiger partial charge in [0.15, 0.2) is 5.65 Å². The van der Waals surface area contributed by atoms with Gasteiger partial charge in [0.25, 0.3) is 10.0 Å². The van der Waals surface area contributed by atoms with E-state index < -0.39 is 10.0 Å². The summed E-state index contributed by atoms with van der Waals surface area (Å²) < 4.78 is 45.0. The third-order valence-electron chi connectivity index (χ3n) is 9.10. The molecule has 1 saturated heterocycles. The number of nitrogens with zero attached hydrogens (tertiary/aromatic N) is 7. The lowest BCUT2D eigenvalue weighted by Gasteiger charge is -2.35. The molecule has 0 aliphatic carbocycles. The van der Waals surface area contributed by atoms with Gasteiger partial charge in [-0.15, -0.1) is 0 Å². The van der Waals surface area contributed by atoms with Gasteiger partial charge >= 0.3 is 0 Å². The van der Waals surface area contributed by atoms with Crippen LogP contribution in [0.1, 0.15) is 23.7 Å². The van der Waals surface area contributed by atoms with Crippen molar-refractivity contribution < 1.29 is 17.9 Å². The van der Waals surface area contributed by atoms with E-state index in [-0.39, 0.29) is 16.8 Å². The number of aliphatic hydroxyl groups excluding tert-OH is 1. The van der Waals surface area contributed by atoms with Crippen LogP contribution >= 0.6 is 0 Å². The lowest BCUT2D eigenvalue weighted by atomic mass is 10.0. The Bertz CT molecular complexity index is 2220. The van der Waals surface area contributed by atoms with E-state index in [2.05, 4.69) is 14.9 Å². The van der Waals surface area contributed by atoms with Crippen molar-refractivity contribution >= 4 is 26.9 Å². The average Bonchev–Trinajstić information content (AvgIpc) is 3.65. The Morgan fingerprint density at radius 2 is 1.63 bits per heavy atom. The molecule has 0 radical (unpaired) electrons. The summed E-state index contributed by atoms with van der Waals surface area (Å²) in [5, 5.41) is 15.0. The molecule has 1 N–H and O–H groups in total. The Kier molecular flexibility index (Phi) is 8.78. The highest BCUT2D eigenvalue weighted by Gasteiger charge is 2.25. The van der Waals surface area contributed by atoms with Gasteiger partial charge in [-0.2, -0.15) is 5.10 Å². The zero-order valence-corrected chi connectivity index (χ0v) is 28.5. The maximum Gasteiger partial charge on any atom is 0.269 e. The van der Waals surface area contributed by atoms with Gasteiger partial charge in [-0.25, -0.2) is 26.7 Å². The van der Waals surface area contributed by atoms with E-state index in [1.54, 1.807) is 53.6 Å². The van der Waals surface area contributed by atoms with Crippen molar-refractivity contribution in [1.82, 2.24) is 28.6 Å². The normalized spacial score (nSPS) is 14.8. The van der Waals surface area contributed by atoms with Gasteiger partial charge in [0.05, 0.1) is 23.7 Å². The molecule has 4 aromatic heterocycles. The summed E-state index contributed by atoms with van der Waals surface area (Å²) in [4.78, 5) is 14.1. The molecule has 0 bridgehead atoms. The van der Waals surface area contributed by atoms with Crippen molar-refractivity contribution in [1.29, 1.82) is 0 Å². The molecule has 1 fully saturated rings. The summed E-state index contributed by atoms with van der Waals surface area (Å²) in [5.74, 6) is 0.565. The molecule has 1 aliphatic rings. The lowest BCUT2D eigenvalue weighted by Crippen LogP contribution is -2.48. The molecule has 1 atom stereocenters. The van der Waals surface area contributed by atoms with Gasteiger partial charge in [0, 0.05) is 84.6 Å². The number of aryl methyl sites for hydroxylation is 1. The van der Waals surface area contributed by atoms with Crippen molar-refractivity contribution in [2.24, 2.45) is 0 Å². The molecule has 1 unspecified atom stereocenters. The topological polar surface area (TPSA) is 109 Å². The zero-order valence-electron chi connectivity index (χ0n) is 27.7. The fraction of sp³-hybridized carbons (Fsp3) is 0.270. The molecule has 49 heavy (non-hydrogen) atoms. The maximum absolute atomic E-state index is 14.0. The summed E-state index contributed by atoms with van der Waals surface area (Å²) in [6.45, 7) is 10.0. The minimum atomic E-state index is -3.99. The number of pyridine rings is 2. The number of piperazine rings is 1. The van der Waals surface area contributed by atoms with E-state index in [9.17, 15) is 17.9 Å². The molecule has 0 spiro atoms. The Hall–Kier alpha value is -4.91. The third kappa shape index (κ3) is 6.59. The van der Waals surface area contributed by atoms with E-state index in [4.69, 9.17) is 9.97 Å². The largest absolute Gasteiger partial charge is 0.392 e. The maximum atomic E-state index is 14.0. The second-order valence-electron chi connectivity index (χ2n) is 12.7. The van der Waals surface area contributed by atoms with Crippen molar-refractivity contribution in [2.75, 3.05) is 37.6 Å². The van der Waals surface area contributed by atoms with Gasteiger partial charge in [0.1, 0.15) is 11.6 Å². The highest BCUT2D eigenvalue weighted by Crippen LogP contribution is 2.36. The number of halogens is 1. The number of fused-ring (bicyclic) bond motifs is 1. The molecule has 10 nitrogen and oxygen atoms in total.